The van der Waals surface area contributed by atoms with Crippen molar-refractivity contribution in [2.45, 2.75) is 0 Å². The second-order valence-electron chi connectivity index (χ2n) is 3.31. The average molecular weight is 214 g/mol. The lowest BCUT2D eigenvalue weighted by Gasteiger charge is -1.92. The zero-order valence-electron chi connectivity index (χ0n) is 8.21. The Morgan fingerprint density at radius 1 is 1.12 bits per heavy atom. The van der Waals surface area contributed by atoms with Gasteiger partial charge in [0.1, 0.15) is 5.82 Å². The first-order chi connectivity index (χ1) is 7.83. The number of rotatable bonds is 1. The van der Waals surface area contributed by atoms with Gasteiger partial charge in [0.05, 0.1) is 0 Å². The van der Waals surface area contributed by atoms with Crippen molar-refractivity contribution in [2.24, 2.45) is 0 Å². The van der Waals surface area contributed by atoms with Gasteiger partial charge < -0.3 is 0 Å². The van der Waals surface area contributed by atoms with E-state index in [4.69, 9.17) is 0 Å². The van der Waals surface area contributed by atoms with Gasteiger partial charge in [0.15, 0.2) is 5.82 Å². The molecule has 3 rings (SSSR count). The molecule has 16 heavy (non-hydrogen) atoms. The molecule has 0 saturated heterocycles. The van der Waals surface area contributed by atoms with Crippen LogP contribution in [0, 0.1) is 5.82 Å². The summed E-state index contributed by atoms with van der Waals surface area (Å²) in [6.45, 7) is 0. The van der Waals surface area contributed by atoms with E-state index in [9.17, 15) is 4.39 Å². The lowest BCUT2D eigenvalue weighted by atomic mass is 10.2. The molecular weight excluding hydrogens is 207 g/mol. The molecule has 4 nitrogen and oxygen atoms in total. The molecule has 0 aliphatic carbocycles. The standard InChI is InChI=1S/C11H7FN4/c12-9-4-2-8(3-5-9)10-14-11-13-6-1-7-16(11)15-10/h1-7H. The van der Waals surface area contributed by atoms with E-state index in [1.165, 1.54) is 12.1 Å². The quantitative estimate of drug-likeness (QED) is 0.621. The van der Waals surface area contributed by atoms with Gasteiger partial charge in [-0.1, -0.05) is 0 Å². The maximum Gasteiger partial charge on any atom is 0.252 e. The van der Waals surface area contributed by atoms with Crippen LogP contribution in [0.4, 0.5) is 4.39 Å². The zero-order valence-corrected chi connectivity index (χ0v) is 8.21. The Labute approximate surface area is 90.4 Å². The average Bonchev–Trinajstić information content (AvgIpc) is 2.73. The topological polar surface area (TPSA) is 43.1 Å². The van der Waals surface area contributed by atoms with Crippen LogP contribution in [0.15, 0.2) is 42.7 Å². The predicted octanol–water partition coefficient (Wildman–Crippen LogP) is 1.93. The van der Waals surface area contributed by atoms with E-state index in [0.717, 1.165) is 5.56 Å². The maximum atomic E-state index is 12.7. The highest BCUT2D eigenvalue weighted by atomic mass is 19.1. The fourth-order valence-corrected chi connectivity index (χ4v) is 1.45. The number of nitrogens with zero attached hydrogens (tertiary/aromatic N) is 4. The molecule has 0 spiro atoms. The molecule has 0 aliphatic heterocycles. The Morgan fingerprint density at radius 2 is 1.94 bits per heavy atom. The summed E-state index contributed by atoms with van der Waals surface area (Å²) in [6, 6.07) is 7.83. The van der Waals surface area contributed by atoms with Gasteiger partial charge in [-0.15, -0.1) is 5.10 Å². The first-order valence-corrected chi connectivity index (χ1v) is 4.76. The van der Waals surface area contributed by atoms with Crippen LogP contribution in [0.3, 0.4) is 0 Å². The molecular formula is C11H7FN4. The predicted molar refractivity (Wildman–Crippen MR) is 56.2 cm³/mol. The summed E-state index contributed by atoms with van der Waals surface area (Å²) in [5.41, 5.74) is 0.770. The molecule has 0 saturated carbocycles. The molecule has 0 radical (unpaired) electrons. The zero-order chi connectivity index (χ0) is 11.0. The molecule has 78 valence electrons. The van der Waals surface area contributed by atoms with Crippen molar-refractivity contribution in [2.75, 3.05) is 0 Å². The van der Waals surface area contributed by atoms with Crippen molar-refractivity contribution in [3.8, 4) is 11.4 Å². The van der Waals surface area contributed by atoms with E-state index in [1.54, 1.807) is 35.1 Å². The highest BCUT2D eigenvalue weighted by Crippen LogP contribution is 2.15. The second-order valence-corrected chi connectivity index (χ2v) is 3.31. The smallest absolute Gasteiger partial charge is 0.220 e. The normalized spacial score (nSPS) is 10.8. The Kier molecular flexibility index (Phi) is 1.89. The highest BCUT2D eigenvalue weighted by Gasteiger charge is 2.06. The fourth-order valence-electron chi connectivity index (χ4n) is 1.45. The minimum atomic E-state index is -0.273. The molecule has 3 aromatic rings. The van der Waals surface area contributed by atoms with Crippen molar-refractivity contribution in [3.63, 3.8) is 0 Å². The van der Waals surface area contributed by atoms with Gasteiger partial charge >= 0.3 is 0 Å². The van der Waals surface area contributed by atoms with Crippen LogP contribution in [-0.2, 0) is 0 Å². The Balaban J connectivity index is 2.15. The van der Waals surface area contributed by atoms with Crippen LogP contribution in [0.1, 0.15) is 0 Å². The van der Waals surface area contributed by atoms with E-state index in [1.807, 2.05) is 0 Å². The number of hydrogen-bond donors (Lipinski definition) is 0. The Morgan fingerprint density at radius 3 is 2.69 bits per heavy atom. The van der Waals surface area contributed by atoms with Crippen molar-refractivity contribution < 1.29 is 4.39 Å². The van der Waals surface area contributed by atoms with Crippen molar-refractivity contribution in [1.82, 2.24) is 19.6 Å². The Bertz CT molecular complexity index is 597. The summed E-state index contributed by atoms with van der Waals surface area (Å²) < 4.78 is 14.3. The molecule has 0 unspecified atom stereocenters. The molecule has 2 aromatic heterocycles. The van der Waals surface area contributed by atoms with Gasteiger partial charge in [-0.3, -0.25) is 0 Å². The Hall–Kier alpha value is -2.30. The van der Waals surface area contributed by atoms with Crippen LogP contribution >= 0.6 is 0 Å². The van der Waals surface area contributed by atoms with Gasteiger partial charge in [-0.05, 0) is 30.3 Å². The first-order valence-electron chi connectivity index (χ1n) is 4.76. The molecule has 0 bridgehead atoms. The minimum Gasteiger partial charge on any atom is -0.220 e. The molecule has 0 atom stereocenters. The van der Waals surface area contributed by atoms with Crippen molar-refractivity contribution in [1.29, 1.82) is 0 Å². The molecule has 0 fully saturated rings. The first kappa shape index (κ1) is 8.96. The van der Waals surface area contributed by atoms with Gasteiger partial charge in [-0.25, -0.2) is 13.9 Å². The number of hydrogen-bond acceptors (Lipinski definition) is 3. The van der Waals surface area contributed by atoms with E-state index in [2.05, 4.69) is 15.1 Å². The summed E-state index contributed by atoms with van der Waals surface area (Å²) in [5, 5.41) is 4.23. The van der Waals surface area contributed by atoms with Crippen molar-refractivity contribution >= 4 is 5.78 Å². The van der Waals surface area contributed by atoms with E-state index >= 15 is 0 Å². The van der Waals surface area contributed by atoms with Gasteiger partial charge in [0.2, 0.25) is 0 Å². The molecule has 0 aliphatic rings. The van der Waals surface area contributed by atoms with Gasteiger partial charge in [-0.2, -0.15) is 4.98 Å². The largest absolute Gasteiger partial charge is 0.252 e. The monoisotopic (exact) mass is 214 g/mol. The molecule has 5 heteroatoms. The molecule has 1 aromatic carbocycles. The van der Waals surface area contributed by atoms with Crippen LogP contribution in [0.2, 0.25) is 0 Å². The molecule has 0 amide bonds. The third kappa shape index (κ3) is 1.42. The second kappa shape index (κ2) is 3.37. The van der Waals surface area contributed by atoms with Crippen molar-refractivity contribution in [3.05, 3.63) is 48.5 Å². The number of benzene rings is 1. The van der Waals surface area contributed by atoms with Crippen LogP contribution < -0.4 is 0 Å². The summed E-state index contributed by atoms with van der Waals surface area (Å²) in [4.78, 5) is 8.29. The fraction of sp³-hybridized carbons (Fsp3) is 0. The summed E-state index contributed by atoms with van der Waals surface area (Å²) in [5.74, 6) is 0.797. The van der Waals surface area contributed by atoms with Crippen LogP contribution in [0.5, 0.6) is 0 Å². The van der Waals surface area contributed by atoms with Gasteiger partial charge in [0, 0.05) is 18.0 Å². The highest BCUT2D eigenvalue weighted by molar-refractivity contribution is 5.56. The van der Waals surface area contributed by atoms with Crippen LogP contribution in [-0.4, -0.2) is 19.6 Å². The number of fused-ring (bicyclic) bond motifs is 1. The third-order valence-corrected chi connectivity index (χ3v) is 2.22. The summed E-state index contributed by atoms with van der Waals surface area (Å²) in [7, 11) is 0. The van der Waals surface area contributed by atoms with Crippen LogP contribution in [0.25, 0.3) is 17.2 Å². The third-order valence-electron chi connectivity index (χ3n) is 2.22. The lowest BCUT2D eigenvalue weighted by molar-refractivity contribution is 0.628. The lowest BCUT2D eigenvalue weighted by Crippen LogP contribution is -1.87. The van der Waals surface area contributed by atoms with E-state index < -0.39 is 0 Å². The minimum absolute atomic E-state index is 0.273. The summed E-state index contributed by atoms with van der Waals surface area (Å²) in [6.07, 6.45) is 3.42. The number of aromatic nitrogens is 4. The summed E-state index contributed by atoms with van der Waals surface area (Å²) >= 11 is 0. The molecule has 2 heterocycles. The SMILES string of the molecule is Fc1ccc(-c2nc3ncccn3n2)cc1. The molecule has 0 N–H and O–H groups in total. The van der Waals surface area contributed by atoms with Gasteiger partial charge in [0.25, 0.3) is 5.78 Å². The maximum absolute atomic E-state index is 12.7. The van der Waals surface area contributed by atoms with E-state index in [0.29, 0.717) is 11.6 Å². The van der Waals surface area contributed by atoms with E-state index in [-0.39, 0.29) is 5.82 Å². The number of halogens is 1.